The molecule has 1 heterocycles. The van der Waals surface area contributed by atoms with E-state index in [4.69, 9.17) is 0 Å². The Morgan fingerprint density at radius 2 is 1.29 bits per heavy atom. The SMILES string of the molecule is CC(C)(C)c1n[nH]nc1-c1ccc(-c2ccccc2)cc1. The summed E-state index contributed by atoms with van der Waals surface area (Å²) in [5, 5.41) is 11.4. The summed E-state index contributed by atoms with van der Waals surface area (Å²) in [6, 6.07) is 18.8. The number of hydrogen-bond donors (Lipinski definition) is 1. The minimum Gasteiger partial charge on any atom is -0.197 e. The Kier molecular flexibility index (Phi) is 3.34. The molecule has 0 atom stereocenters. The summed E-state index contributed by atoms with van der Waals surface area (Å²) in [4.78, 5) is 0. The van der Waals surface area contributed by atoms with E-state index in [0.29, 0.717) is 0 Å². The molecular formula is C18H19N3. The van der Waals surface area contributed by atoms with Gasteiger partial charge in [-0.05, 0) is 11.1 Å². The number of rotatable bonds is 2. The molecule has 3 nitrogen and oxygen atoms in total. The van der Waals surface area contributed by atoms with Gasteiger partial charge in [-0.3, -0.25) is 0 Å². The zero-order valence-corrected chi connectivity index (χ0v) is 12.6. The molecule has 0 unspecified atom stereocenters. The third-order valence-electron chi connectivity index (χ3n) is 3.52. The Hall–Kier alpha value is -2.42. The van der Waals surface area contributed by atoms with Gasteiger partial charge in [0.05, 0.1) is 5.69 Å². The smallest absolute Gasteiger partial charge is 0.116 e. The molecule has 106 valence electrons. The molecule has 0 saturated carbocycles. The zero-order chi connectivity index (χ0) is 14.9. The molecule has 3 heteroatoms. The van der Waals surface area contributed by atoms with Crippen LogP contribution in [0.15, 0.2) is 54.6 Å². The molecule has 0 amide bonds. The van der Waals surface area contributed by atoms with Gasteiger partial charge >= 0.3 is 0 Å². The van der Waals surface area contributed by atoms with Gasteiger partial charge in [-0.2, -0.15) is 15.4 Å². The van der Waals surface area contributed by atoms with Crippen molar-refractivity contribution >= 4 is 0 Å². The predicted octanol–water partition coefficient (Wildman–Crippen LogP) is 4.44. The Morgan fingerprint density at radius 1 is 0.714 bits per heavy atom. The number of aromatic amines is 1. The highest BCUT2D eigenvalue weighted by Gasteiger charge is 2.23. The summed E-state index contributed by atoms with van der Waals surface area (Å²) in [5.41, 5.74) is 5.42. The maximum atomic E-state index is 4.32. The van der Waals surface area contributed by atoms with E-state index in [0.717, 1.165) is 17.0 Å². The predicted molar refractivity (Wildman–Crippen MR) is 86.0 cm³/mol. The average molecular weight is 277 g/mol. The van der Waals surface area contributed by atoms with E-state index in [9.17, 15) is 0 Å². The Bertz CT molecular complexity index is 719. The number of aromatic nitrogens is 3. The summed E-state index contributed by atoms with van der Waals surface area (Å²) in [6.45, 7) is 6.44. The fourth-order valence-corrected chi connectivity index (χ4v) is 2.41. The van der Waals surface area contributed by atoms with E-state index in [1.54, 1.807) is 0 Å². The van der Waals surface area contributed by atoms with Gasteiger partial charge in [0, 0.05) is 11.0 Å². The summed E-state index contributed by atoms with van der Waals surface area (Å²) in [7, 11) is 0. The molecule has 0 aliphatic carbocycles. The number of benzene rings is 2. The second kappa shape index (κ2) is 5.17. The number of nitrogens with one attached hydrogen (secondary N) is 1. The largest absolute Gasteiger partial charge is 0.197 e. The zero-order valence-electron chi connectivity index (χ0n) is 12.6. The van der Waals surface area contributed by atoms with E-state index < -0.39 is 0 Å². The molecular weight excluding hydrogens is 258 g/mol. The van der Waals surface area contributed by atoms with Crippen molar-refractivity contribution in [2.45, 2.75) is 26.2 Å². The number of hydrogen-bond acceptors (Lipinski definition) is 2. The summed E-state index contributed by atoms with van der Waals surface area (Å²) in [5.74, 6) is 0. The van der Waals surface area contributed by atoms with Crippen LogP contribution in [0.2, 0.25) is 0 Å². The molecule has 0 aliphatic rings. The van der Waals surface area contributed by atoms with Crippen LogP contribution in [0.25, 0.3) is 22.4 Å². The number of H-pyrrole nitrogens is 1. The first kappa shape index (κ1) is 13.6. The van der Waals surface area contributed by atoms with Crippen molar-refractivity contribution in [3.63, 3.8) is 0 Å². The molecule has 0 spiro atoms. The normalized spacial score (nSPS) is 11.6. The third kappa shape index (κ3) is 2.72. The Morgan fingerprint density at radius 3 is 1.90 bits per heavy atom. The number of nitrogens with zero attached hydrogens (tertiary/aromatic N) is 2. The van der Waals surface area contributed by atoms with E-state index in [1.165, 1.54) is 11.1 Å². The average Bonchev–Trinajstić information content (AvgIpc) is 2.98. The van der Waals surface area contributed by atoms with Crippen molar-refractivity contribution < 1.29 is 0 Å². The maximum absolute atomic E-state index is 4.32. The molecule has 21 heavy (non-hydrogen) atoms. The first-order chi connectivity index (χ1) is 10.1. The van der Waals surface area contributed by atoms with Gasteiger partial charge in [-0.25, -0.2) is 0 Å². The van der Waals surface area contributed by atoms with E-state index >= 15 is 0 Å². The minimum absolute atomic E-state index is 0.0273. The molecule has 0 fully saturated rings. The summed E-state index contributed by atoms with van der Waals surface area (Å²) in [6.07, 6.45) is 0. The van der Waals surface area contributed by atoms with Crippen molar-refractivity contribution in [2.24, 2.45) is 0 Å². The van der Waals surface area contributed by atoms with Crippen LogP contribution in [0.1, 0.15) is 26.5 Å². The van der Waals surface area contributed by atoms with Crippen LogP contribution in [-0.2, 0) is 5.41 Å². The van der Waals surface area contributed by atoms with Crippen molar-refractivity contribution in [1.82, 2.24) is 15.4 Å². The lowest BCUT2D eigenvalue weighted by atomic mass is 9.89. The molecule has 2 aromatic carbocycles. The Balaban J connectivity index is 1.97. The van der Waals surface area contributed by atoms with Gasteiger partial charge in [-0.15, -0.1) is 0 Å². The second-order valence-corrected chi connectivity index (χ2v) is 6.21. The topological polar surface area (TPSA) is 41.6 Å². The lowest BCUT2D eigenvalue weighted by molar-refractivity contribution is 0.568. The lowest BCUT2D eigenvalue weighted by Gasteiger charge is -2.16. The molecule has 3 aromatic rings. The van der Waals surface area contributed by atoms with Crippen molar-refractivity contribution in [1.29, 1.82) is 0 Å². The first-order valence-corrected chi connectivity index (χ1v) is 7.13. The third-order valence-corrected chi connectivity index (χ3v) is 3.52. The maximum Gasteiger partial charge on any atom is 0.116 e. The highest BCUT2D eigenvalue weighted by atomic mass is 15.3. The van der Waals surface area contributed by atoms with Crippen LogP contribution in [0, 0.1) is 0 Å². The molecule has 0 saturated heterocycles. The fraction of sp³-hybridized carbons (Fsp3) is 0.222. The molecule has 0 radical (unpaired) electrons. The van der Waals surface area contributed by atoms with E-state index in [-0.39, 0.29) is 5.41 Å². The van der Waals surface area contributed by atoms with Crippen LogP contribution in [0.4, 0.5) is 0 Å². The van der Waals surface area contributed by atoms with Crippen molar-refractivity contribution in [3.8, 4) is 22.4 Å². The van der Waals surface area contributed by atoms with Crippen LogP contribution in [0.3, 0.4) is 0 Å². The summed E-state index contributed by atoms with van der Waals surface area (Å²) < 4.78 is 0. The highest BCUT2D eigenvalue weighted by molar-refractivity contribution is 5.69. The van der Waals surface area contributed by atoms with Crippen LogP contribution < -0.4 is 0 Å². The first-order valence-electron chi connectivity index (χ1n) is 7.13. The molecule has 0 aliphatic heterocycles. The van der Waals surface area contributed by atoms with Crippen LogP contribution >= 0.6 is 0 Å². The van der Waals surface area contributed by atoms with Gasteiger partial charge in [0.25, 0.3) is 0 Å². The highest BCUT2D eigenvalue weighted by Crippen LogP contribution is 2.30. The van der Waals surface area contributed by atoms with Gasteiger partial charge in [0.2, 0.25) is 0 Å². The van der Waals surface area contributed by atoms with Gasteiger partial charge in [0.15, 0.2) is 0 Å². The second-order valence-electron chi connectivity index (χ2n) is 6.21. The minimum atomic E-state index is -0.0273. The van der Waals surface area contributed by atoms with Crippen molar-refractivity contribution in [2.75, 3.05) is 0 Å². The quantitative estimate of drug-likeness (QED) is 0.752. The standard InChI is InChI=1S/C18H19N3/c1-18(2,3)17-16(19-21-20-17)15-11-9-14(10-12-15)13-7-5-4-6-8-13/h4-12H,1-3H3,(H,19,20,21). The molecule has 0 bridgehead atoms. The Labute approximate surface area is 125 Å². The van der Waals surface area contributed by atoms with E-state index in [2.05, 4.69) is 84.7 Å². The van der Waals surface area contributed by atoms with E-state index in [1.807, 2.05) is 6.07 Å². The summed E-state index contributed by atoms with van der Waals surface area (Å²) >= 11 is 0. The monoisotopic (exact) mass is 277 g/mol. The molecule has 3 rings (SSSR count). The molecule has 1 aromatic heterocycles. The van der Waals surface area contributed by atoms with Gasteiger partial charge in [-0.1, -0.05) is 75.4 Å². The lowest BCUT2D eigenvalue weighted by Crippen LogP contribution is -2.13. The van der Waals surface area contributed by atoms with Crippen molar-refractivity contribution in [3.05, 3.63) is 60.3 Å². The fourth-order valence-electron chi connectivity index (χ4n) is 2.41. The van der Waals surface area contributed by atoms with Crippen LogP contribution in [-0.4, -0.2) is 15.4 Å². The van der Waals surface area contributed by atoms with Gasteiger partial charge < -0.3 is 0 Å². The molecule has 1 N–H and O–H groups in total. The van der Waals surface area contributed by atoms with Crippen LogP contribution in [0.5, 0.6) is 0 Å². The van der Waals surface area contributed by atoms with Gasteiger partial charge in [0.1, 0.15) is 5.69 Å².